The monoisotopic (exact) mass is 426 g/mol. The van der Waals surface area contributed by atoms with E-state index in [-0.39, 0.29) is 5.91 Å². The molecule has 156 valence electrons. The molecule has 3 aromatic rings. The normalized spacial score (nSPS) is 14.7. The molecule has 0 spiro atoms. The Labute approximate surface area is 180 Å². The van der Waals surface area contributed by atoms with Crippen LogP contribution in [0.25, 0.3) is 11.4 Å². The van der Waals surface area contributed by atoms with Gasteiger partial charge < -0.3 is 14.2 Å². The Morgan fingerprint density at radius 2 is 1.90 bits per heavy atom. The molecule has 0 bridgehead atoms. The molecule has 8 heteroatoms. The highest BCUT2D eigenvalue weighted by molar-refractivity contribution is 6.30. The first-order valence-electron chi connectivity index (χ1n) is 9.82. The number of carbonyl (C=O) groups is 1. The standard InChI is InChI=1S/C22H23ClN4O3/c1-29-19-4-2-3-16(13-19)14-21(28)27-11-9-26(10-12-27)15-20-24-22(25-30-20)17-5-7-18(23)8-6-17/h2-8,13H,9-12,14-15H2,1H3. The van der Waals surface area contributed by atoms with Crippen LogP contribution in [0, 0.1) is 0 Å². The zero-order chi connectivity index (χ0) is 20.9. The highest BCUT2D eigenvalue weighted by Crippen LogP contribution is 2.19. The number of benzene rings is 2. The van der Waals surface area contributed by atoms with Crippen LogP contribution in [-0.4, -0.2) is 59.1 Å². The summed E-state index contributed by atoms with van der Waals surface area (Å²) in [6.07, 6.45) is 0.380. The van der Waals surface area contributed by atoms with E-state index in [9.17, 15) is 4.79 Å². The highest BCUT2D eigenvalue weighted by atomic mass is 35.5. The molecule has 2 heterocycles. The van der Waals surface area contributed by atoms with Crippen LogP contribution >= 0.6 is 11.6 Å². The second-order valence-electron chi connectivity index (χ2n) is 7.20. The number of hydrogen-bond acceptors (Lipinski definition) is 6. The van der Waals surface area contributed by atoms with Crippen molar-refractivity contribution in [2.45, 2.75) is 13.0 Å². The van der Waals surface area contributed by atoms with Gasteiger partial charge in [0.05, 0.1) is 20.1 Å². The third kappa shape index (κ3) is 4.98. The van der Waals surface area contributed by atoms with Gasteiger partial charge in [0.15, 0.2) is 0 Å². The summed E-state index contributed by atoms with van der Waals surface area (Å²) in [4.78, 5) is 21.2. The molecule has 1 aromatic heterocycles. The highest BCUT2D eigenvalue weighted by Gasteiger charge is 2.23. The number of carbonyl (C=O) groups excluding carboxylic acids is 1. The van der Waals surface area contributed by atoms with E-state index in [1.54, 1.807) is 19.2 Å². The second-order valence-corrected chi connectivity index (χ2v) is 7.64. The van der Waals surface area contributed by atoms with Crippen LogP contribution in [-0.2, 0) is 17.8 Å². The van der Waals surface area contributed by atoms with Gasteiger partial charge in [0.2, 0.25) is 17.6 Å². The van der Waals surface area contributed by atoms with Crippen LogP contribution in [0.4, 0.5) is 0 Å². The fraction of sp³-hybridized carbons (Fsp3) is 0.318. The molecule has 0 unspecified atom stereocenters. The zero-order valence-electron chi connectivity index (χ0n) is 16.8. The van der Waals surface area contributed by atoms with E-state index < -0.39 is 0 Å². The number of nitrogens with zero attached hydrogens (tertiary/aromatic N) is 4. The lowest BCUT2D eigenvalue weighted by Crippen LogP contribution is -2.48. The minimum absolute atomic E-state index is 0.130. The average Bonchev–Trinajstić information content (AvgIpc) is 3.23. The molecule has 1 aliphatic heterocycles. The van der Waals surface area contributed by atoms with Crippen molar-refractivity contribution in [3.63, 3.8) is 0 Å². The summed E-state index contributed by atoms with van der Waals surface area (Å²) >= 11 is 5.92. The Morgan fingerprint density at radius 3 is 2.63 bits per heavy atom. The van der Waals surface area contributed by atoms with E-state index >= 15 is 0 Å². The van der Waals surface area contributed by atoms with Crippen LogP contribution in [0.5, 0.6) is 5.75 Å². The van der Waals surface area contributed by atoms with Gasteiger partial charge in [-0.2, -0.15) is 4.98 Å². The van der Waals surface area contributed by atoms with Crippen molar-refractivity contribution in [3.05, 3.63) is 65.0 Å². The number of halogens is 1. The quantitative estimate of drug-likeness (QED) is 0.602. The number of rotatable bonds is 6. The lowest BCUT2D eigenvalue weighted by Gasteiger charge is -2.34. The van der Waals surface area contributed by atoms with Gasteiger partial charge in [-0.3, -0.25) is 9.69 Å². The molecule has 0 radical (unpaired) electrons. The van der Waals surface area contributed by atoms with Gasteiger partial charge in [-0.05, 0) is 42.0 Å². The Bertz CT molecular complexity index is 998. The molecule has 1 saturated heterocycles. The number of ether oxygens (including phenoxy) is 1. The number of aromatic nitrogens is 2. The molecule has 1 amide bonds. The molecule has 7 nitrogen and oxygen atoms in total. The van der Waals surface area contributed by atoms with Gasteiger partial charge in [-0.15, -0.1) is 0 Å². The Hall–Kier alpha value is -2.90. The van der Waals surface area contributed by atoms with Crippen molar-refractivity contribution in [3.8, 4) is 17.1 Å². The molecule has 2 aromatic carbocycles. The summed E-state index contributed by atoms with van der Waals surface area (Å²) in [5.74, 6) is 2.01. The second kappa shape index (κ2) is 9.28. The summed E-state index contributed by atoms with van der Waals surface area (Å²) in [5, 5.41) is 4.72. The summed E-state index contributed by atoms with van der Waals surface area (Å²) in [6.45, 7) is 3.46. The van der Waals surface area contributed by atoms with Crippen molar-refractivity contribution >= 4 is 17.5 Å². The number of piperazine rings is 1. The van der Waals surface area contributed by atoms with E-state index in [0.29, 0.717) is 42.8 Å². The molecule has 4 rings (SSSR count). The van der Waals surface area contributed by atoms with Gasteiger partial charge in [-0.1, -0.05) is 28.9 Å². The smallest absolute Gasteiger partial charge is 0.241 e. The van der Waals surface area contributed by atoms with Gasteiger partial charge in [0.1, 0.15) is 5.75 Å². The van der Waals surface area contributed by atoms with E-state index in [1.807, 2.05) is 41.3 Å². The van der Waals surface area contributed by atoms with E-state index in [4.69, 9.17) is 20.9 Å². The van der Waals surface area contributed by atoms with Gasteiger partial charge in [-0.25, -0.2) is 0 Å². The van der Waals surface area contributed by atoms with E-state index in [0.717, 1.165) is 30.0 Å². The topological polar surface area (TPSA) is 71.7 Å². The molecule has 0 aliphatic carbocycles. The third-order valence-electron chi connectivity index (χ3n) is 5.14. The fourth-order valence-corrected chi connectivity index (χ4v) is 3.58. The number of methoxy groups -OCH3 is 1. The molecule has 30 heavy (non-hydrogen) atoms. The maximum absolute atomic E-state index is 12.6. The van der Waals surface area contributed by atoms with Gasteiger partial charge >= 0.3 is 0 Å². The minimum Gasteiger partial charge on any atom is -0.497 e. The lowest BCUT2D eigenvalue weighted by atomic mass is 10.1. The fourth-order valence-electron chi connectivity index (χ4n) is 3.45. The molecule has 0 N–H and O–H groups in total. The third-order valence-corrected chi connectivity index (χ3v) is 5.40. The molecule has 0 atom stereocenters. The first-order valence-corrected chi connectivity index (χ1v) is 10.2. The predicted molar refractivity (Wildman–Crippen MR) is 113 cm³/mol. The summed E-state index contributed by atoms with van der Waals surface area (Å²) < 4.78 is 10.6. The van der Waals surface area contributed by atoms with Crippen LogP contribution in [0.1, 0.15) is 11.5 Å². The average molecular weight is 427 g/mol. The Balaban J connectivity index is 1.28. The maximum Gasteiger partial charge on any atom is 0.241 e. The van der Waals surface area contributed by atoms with Crippen molar-refractivity contribution < 1.29 is 14.1 Å². The lowest BCUT2D eigenvalue weighted by molar-refractivity contribution is -0.132. The molecule has 0 saturated carbocycles. The Morgan fingerprint density at radius 1 is 1.13 bits per heavy atom. The van der Waals surface area contributed by atoms with Crippen molar-refractivity contribution in [1.29, 1.82) is 0 Å². The van der Waals surface area contributed by atoms with Crippen LogP contribution in [0.15, 0.2) is 53.1 Å². The first kappa shape index (κ1) is 20.4. The van der Waals surface area contributed by atoms with Gasteiger partial charge in [0.25, 0.3) is 0 Å². The largest absolute Gasteiger partial charge is 0.497 e. The van der Waals surface area contributed by atoms with E-state index in [1.165, 1.54) is 0 Å². The SMILES string of the molecule is COc1cccc(CC(=O)N2CCN(Cc3nc(-c4ccc(Cl)cc4)no3)CC2)c1. The summed E-state index contributed by atoms with van der Waals surface area (Å²) in [6, 6.07) is 15.0. The van der Waals surface area contributed by atoms with Crippen molar-refractivity contribution in [2.75, 3.05) is 33.3 Å². The number of amides is 1. The van der Waals surface area contributed by atoms with Crippen molar-refractivity contribution in [2.24, 2.45) is 0 Å². The van der Waals surface area contributed by atoms with Crippen LogP contribution in [0.3, 0.4) is 0 Å². The first-order chi connectivity index (χ1) is 14.6. The summed E-state index contributed by atoms with van der Waals surface area (Å²) in [5.41, 5.74) is 1.82. The van der Waals surface area contributed by atoms with Crippen LogP contribution < -0.4 is 4.74 Å². The molecular formula is C22H23ClN4O3. The zero-order valence-corrected chi connectivity index (χ0v) is 17.5. The molecule has 1 aliphatic rings. The van der Waals surface area contributed by atoms with Gasteiger partial charge in [0, 0.05) is 36.8 Å². The van der Waals surface area contributed by atoms with Crippen molar-refractivity contribution in [1.82, 2.24) is 19.9 Å². The van der Waals surface area contributed by atoms with E-state index in [2.05, 4.69) is 15.0 Å². The Kier molecular flexibility index (Phi) is 6.30. The molecule has 1 fully saturated rings. The minimum atomic E-state index is 0.130. The van der Waals surface area contributed by atoms with Crippen LogP contribution in [0.2, 0.25) is 5.02 Å². The summed E-state index contributed by atoms with van der Waals surface area (Å²) in [7, 11) is 1.63. The predicted octanol–water partition coefficient (Wildman–Crippen LogP) is 3.29. The number of hydrogen-bond donors (Lipinski definition) is 0. The molecular weight excluding hydrogens is 404 g/mol. The maximum atomic E-state index is 12.6.